The van der Waals surface area contributed by atoms with E-state index in [0.717, 1.165) is 38.4 Å². The van der Waals surface area contributed by atoms with Gasteiger partial charge in [-0.3, -0.25) is 4.58 Å². The number of hydrogen-bond donors (Lipinski definition) is 1. The van der Waals surface area contributed by atoms with Crippen LogP contribution in [-0.2, 0) is 0 Å². The Balaban J connectivity index is 1.96. The molecular formula is C17H19ClF3N2O2+. The van der Waals surface area contributed by atoms with Gasteiger partial charge in [0.2, 0.25) is 6.34 Å². The Morgan fingerprint density at radius 2 is 1.96 bits per heavy atom. The highest BCUT2D eigenvalue weighted by molar-refractivity contribution is 6.31. The molecule has 1 fully saturated rings. The van der Waals surface area contributed by atoms with Crippen molar-refractivity contribution in [1.29, 1.82) is 0 Å². The first-order valence-corrected chi connectivity index (χ1v) is 8.59. The van der Waals surface area contributed by atoms with Crippen molar-refractivity contribution in [2.75, 3.05) is 6.54 Å². The van der Waals surface area contributed by atoms with Gasteiger partial charge in [0, 0.05) is 5.02 Å². The molecule has 1 aliphatic heterocycles. The highest BCUT2D eigenvalue weighted by Gasteiger charge is 2.68. The van der Waals surface area contributed by atoms with Crippen molar-refractivity contribution < 1.29 is 27.6 Å². The number of carbonyl (C=O) groups is 1. The molecule has 1 aliphatic carbocycles. The van der Waals surface area contributed by atoms with Gasteiger partial charge in [0.15, 0.2) is 6.54 Å². The fourth-order valence-corrected chi connectivity index (χ4v) is 3.65. The normalized spacial score (nSPS) is 25.2. The van der Waals surface area contributed by atoms with Crippen molar-refractivity contribution in [3.63, 3.8) is 0 Å². The SMILES string of the molecule is O=C(c1cccc(Cl)c1)N1C=[N+](C2CCCCC2)CC1(O)C(F)(F)F. The van der Waals surface area contributed by atoms with Gasteiger partial charge in [-0.05, 0) is 43.9 Å². The van der Waals surface area contributed by atoms with E-state index in [1.807, 2.05) is 0 Å². The van der Waals surface area contributed by atoms with E-state index in [1.165, 1.54) is 28.8 Å². The molecule has 3 rings (SSSR count). The average Bonchev–Trinajstić information content (AvgIpc) is 2.94. The maximum absolute atomic E-state index is 13.6. The second-order valence-corrected chi connectivity index (χ2v) is 7.02. The molecule has 0 bridgehead atoms. The first-order chi connectivity index (χ1) is 11.7. The minimum atomic E-state index is -4.97. The number of rotatable bonds is 2. The zero-order chi connectivity index (χ0) is 18.2. The Bertz CT molecular complexity index is 701. The number of carbonyl (C=O) groups excluding carboxylic acids is 1. The average molecular weight is 376 g/mol. The van der Waals surface area contributed by atoms with Crippen LogP contribution in [0.2, 0.25) is 5.02 Å². The lowest BCUT2D eigenvalue weighted by atomic mass is 9.95. The molecule has 136 valence electrons. The summed E-state index contributed by atoms with van der Waals surface area (Å²) < 4.78 is 42.2. The Morgan fingerprint density at radius 1 is 1.28 bits per heavy atom. The molecule has 0 saturated heterocycles. The van der Waals surface area contributed by atoms with E-state index in [0.29, 0.717) is 4.90 Å². The second kappa shape index (κ2) is 6.61. The largest absolute Gasteiger partial charge is 0.464 e. The summed E-state index contributed by atoms with van der Waals surface area (Å²) >= 11 is 5.83. The number of benzene rings is 1. The van der Waals surface area contributed by atoms with E-state index in [9.17, 15) is 23.1 Å². The molecule has 1 aromatic carbocycles. The third-order valence-corrected chi connectivity index (χ3v) is 5.09. The third-order valence-electron chi connectivity index (χ3n) is 4.85. The molecule has 0 spiro atoms. The Labute approximate surface area is 148 Å². The predicted molar refractivity (Wildman–Crippen MR) is 86.7 cm³/mol. The van der Waals surface area contributed by atoms with Gasteiger partial charge in [0.25, 0.3) is 0 Å². The summed E-state index contributed by atoms with van der Waals surface area (Å²) in [5.74, 6) is -0.930. The molecule has 2 aliphatic rings. The third kappa shape index (κ3) is 3.40. The summed E-state index contributed by atoms with van der Waals surface area (Å²) in [5.41, 5.74) is -3.25. The molecule has 4 nitrogen and oxygen atoms in total. The number of aliphatic hydroxyl groups is 1. The van der Waals surface area contributed by atoms with Crippen LogP contribution in [0.4, 0.5) is 13.2 Å². The number of alkyl halides is 3. The maximum Gasteiger partial charge on any atom is 0.464 e. The lowest BCUT2D eigenvalue weighted by molar-refractivity contribution is -0.577. The monoisotopic (exact) mass is 375 g/mol. The maximum atomic E-state index is 13.6. The second-order valence-electron chi connectivity index (χ2n) is 6.58. The van der Waals surface area contributed by atoms with Crippen molar-refractivity contribution in [1.82, 2.24) is 4.90 Å². The van der Waals surface area contributed by atoms with Gasteiger partial charge in [0.05, 0.1) is 11.6 Å². The Morgan fingerprint density at radius 3 is 2.56 bits per heavy atom. The molecular weight excluding hydrogens is 357 g/mol. The summed E-state index contributed by atoms with van der Waals surface area (Å²) in [6.45, 7) is -0.673. The van der Waals surface area contributed by atoms with Crippen LogP contribution in [0.5, 0.6) is 0 Å². The van der Waals surface area contributed by atoms with Crippen molar-refractivity contribution in [3.8, 4) is 0 Å². The van der Waals surface area contributed by atoms with Crippen molar-refractivity contribution >= 4 is 23.8 Å². The van der Waals surface area contributed by atoms with E-state index in [1.54, 1.807) is 0 Å². The summed E-state index contributed by atoms with van der Waals surface area (Å²) in [6.07, 6.45) is 0.573. The molecule has 0 aromatic heterocycles. The van der Waals surface area contributed by atoms with E-state index in [2.05, 4.69) is 0 Å². The summed E-state index contributed by atoms with van der Waals surface area (Å²) in [5, 5.41) is 10.6. The van der Waals surface area contributed by atoms with Gasteiger partial charge in [0.1, 0.15) is 0 Å². The lowest BCUT2D eigenvalue weighted by Gasteiger charge is -2.27. The zero-order valence-electron chi connectivity index (χ0n) is 13.5. The number of amides is 1. The minimum absolute atomic E-state index is 0.00285. The fourth-order valence-electron chi connectivity index (χ4n) is 3.46. The van der Waals surface area contributed by atoms with E-state index < -0.39 is 24.4 Å². The molecule has 8 heteroatoms. The first-order valence-electron chi connectivity index (χ1n) is 8.21. The molecule has 25 heavy (non-hydrogen) atoms. The molecule has 1 saturated carbocycles. The van der Waals surface area contributed by atoms with E-state index >= 15 is 0 Å². The van der Waals surface area contributed by atoms with E-state index in [4.69, 9.17) is 11.6 Å². The summed E-state index contributed by atoms with van der Waals surface area (Å²) in [6, 6.07) is 5.58. The summed E-state index contributed by atoms with van der Waals surface area (Å²) in [7, 11) is 0. The molecule has 1 amide bonds. The van der Waals surface area contributed by atoms with Crippen molar-refractivity contribution in [3.05, 3.63) is 34.9 Å². The predicted octanol–water partition coefficient (Wildman–Crippen LogP) is 3.42. The van der Waals surface area contributed by atoms with Gasteiger partial charge in [-0.1, -0.05) is 24.1 Å². The molecule has 1 heterocycles. The van der Waals surface area contributed by atoms with E-state index in [-0.39, 0.29) is 16.6 Å². The fraction of sp³-hybridized carbons (Fsp3) is 0.529. The molecule has 1 N–H and O–H groups in total. The van der Waals surface area contributed by atoms with Gasteiger partial charge < -0.3 is 5.11 Å². The number of nitrogens with zero attached hydrogens (tertiary/aromatic N) is 2. The van der Waals surface area contributed by atoms with Gasteiger partial charge in [-0.2, -0.15) is 18.1 Å². The van der Waals surface area contributed by atoms with Crippen molar-refractivity contribution in [2.24, 2.45) is 0 Å². The molecule has 1 unspecified atom stereocenters. The Kier molecular flexibility index (Phi) is 4.81. The summed E-state index contributed by atoms with van der Waals surface area (Å²) in [4.78, 5) is 13.0. The first kappa shape index (κ1) is 18.2. The number of β-amino-alcohol motifs (C(OH)–C–C–N with tert-alkyl or cyclic N) is 1. The smallest absolute Gasteiger partial charge is 0.343 e. The van der Waals surface area contributed by atoms with Crippen LogP contribution in [0.3, 0.4) is 0 Å². The Hall–Kier alpha value is -1.60. The number of halogens is 4. The zero-order valence-corrected chi connectivity index (χ0v) is 14.2. The highest BCUT2D eigenvalue weighted by Crippen LogP contribution is 2.38. The van der Waals surface area contributed by atoms with Crippen LogP contribution in [0, 0.1) is 0 Å². The van der Waals surface area contributed by atoms with Gasteiger partial charge in [-0.25, -0.2) is 4.79 Å². The van der Waals surface area contributed by atoms with Crippen LogP contribution in [0.15, 0.2) is 24.3 Å². The molecule has 1 aromatic rings. The standard InChI is InChI=1S/C17H19ClF3N2O2/c18-13-6-4-5-12(9-13)15(24)23-11-22(14-7-2-1-3-8-14)10-16(23,25)17(19,20)21/h4-6,9,11,14,25H,1-3,7-8,10H2/q+1. The number of hydrogen-bond acceptors (Lipinski definition) is 2. The topological polar surface area (TPSA) is 43.5 Å². The van der Waals surface area contributed by atoms with Crippen LogP contribution < -0.4 is 0 Å². The van der Waals surface area contributed by atoms with Crippen molar-refractivity contribution in [2.45, 2.75) is 50.0 Å². The minimum Gasteiger partial charge on any atom is -0.343 e. The highest BCUT2D eigenvalue weighted by atomic mass is 35.5. The molecule has 0 radical (unpaired) electrons. The molecule has 1 atom stereocenters. The van der Waals surface area contributed by atoms with Gasteiger partial charge >= 0.3 is 17.8 Å². The van der Waals surface area contributed by atoms with Crippen LogP contribution in [0.25, 0.3) is 0 Å². The quantitative estimate of drug-likeness (QED) is 0.805. The van der Waals surface area contributed by atoms with Crippen LogP contribution >= 0.6 is 11.6 Å². The lowest BCUT2D eigenvalue weighted by Crippen LogP contribution is -2.60. The van der Waals surface area contributed by atoms with Gasteiger partial charge in [-0.15, -0.1) is 0 Å². The van der Waals surface area contributed by atoms with Crippen LogP contribution in [-0.4, -0.2) is 51.3 Å². The van der Waals surface area contributed by atoms with Crippen LogP contribution in [0.1, 0.15) is 42.5 Å².